The van der Waals surface area contributed by atoms with Gasteiger partial charge in [0.1, 0.15) is 0 Å². The summed E-state index contributed by atoms with van der Waals surface area (Å²) in [6.45, 7) is 9.01. The molecule has 1 aliphatic heterocycles. The summed E-state index contributed by atoms with van der Waals surface area (Å²) in [6.07, 6.45) is 6.84. The lowest BCUT2D eigenvalue weighted by atomic mass is 9.90. The maximum atomic E-state index is 5.29. The summed E-state index contributed by atoms with van der Waals surface area (Å²) in [6, 6.07) is 0.700. The molecule has 1 atom stereocenters. The second-order valence-corrected chi connectivity index (χ2v) is 6.61. The second-order valence-electron chi connectivity index (χ2n) is 6.61. The van der Waals surface area contributed by atoms with E-state index in [0.29, 0.717) is 11.6 Å². The van der Waals surface area contributed by atoms with Crippen molar-refractivity contribution in [3.63, 3.8) is 0 Å². The standard InChI is InChI=1S/C15H30N2O/c1-13(2)10-14-11-16-15(6-4-5-7-15)12-17(14)8-9-18-3/h13-14,16H,4-12H2,1-3H3. The Morgan fingerprint density at radius 1 is 1.33 bits per heavy atom. The largest absolute Gasteiger partial charge is 0.383 e. The number of piperazine rings is 1. The fourth-order valence-electron chi connectivity index (χ4n) is 3.67. The molecule has 2 fully saturated rings. The minimum absolute atomic E-state index is 0.432. The zero-order chi connectivity index (χ0) is 13.0. The molecule has 18 heavy (non-hydrogen) atoms. The van der Waals surface area contributed by atoms with Crippen LogP contribution in [0.3, 0.4) is 0 Å². The average Bonchev–Trinajstić information content (AvgIpc) is 2.78. The highest BCUT2D eigenvalue weighted by atomic mass is 16.5. The zero-order valence-electron chi connectivity index (χ0n) is 12.4. The summed E-state index contributed by atoms with van der Waals surface area (Å²) in [5.74, 6) is 0.777. The van der Waals surface area contributed by atoms with Gasteiger partial charge in [0, 0.05) is 38.3 Å². The first kappa shape index (κ1) is 14.3. The monoisotopic (exact) mass is 254 g/mol. The maximum Gasteiger partial charge on any atom is 0.0589 e. The number of nitrogens with zero attached hydrogens (tertiary/aromatic N) is 1. The molecule has 2 rings (SSSR count). The smallest absolute Gasteiger partial charge is 0.0589 e. The molecule has 1 heterocycles. The lowest BCUT2D eigenvalue weighted by molar-refractivity contribution is 0.0459. The Hall–Kier alpha value is -0.120. The molecule has 0 radical (unpaired) electrons. The topological polar surface area (TPSA) is 24.5 Å². The number of hydrogen-bond acceptors (Lipinski definition) is 3. The van der Waals surface area contributed by atoms with Crippen molar-refractivity contribution in [1.29, 1.82) is 0 Å². The van der Waals surface area contributed by atoms with Crippen LogP contribution in [0.25, 0.3) is 0 Å². The molecule has 1 saturated heterocycles. The molecule has 3 nitrogen and oxygen atoms in total. The zero-order valence-corrected chi connectivity index (χ0v) is 12.4. The van der Waals surface area contributed by atoms with Crippen LogP contribution in [0.1, 0.15) is 46.0 Å². The average molecular weight is 254 g/mol. The van der Waals surface area contributed by atoms with Gasteiger partial charge in [0.05, 0.1) is 6.61 Å². The molecule has 1 unspecified atom stereocenters. The Bertz CT molecular complexity index is 249. The Labute approximate surface area is 112 Å². The Morgan fingerprint density at radius 3 is 2.67 bits per heavy atom. The Morgan fingerprint density at radius 2 is 2.06 bits per heavy atom. The van der Waals surface area contributed by atoms with Gasteiger partial charge in [-0.15, -0.1) is 0 Å². The molecule has 1 aliphatic carbocycles. The third-order valence-electron chi connectivity index (χ3n) is 4.62. The summed E-state index contributed by atoms with van der Waals surface area (Å²) in [7, 11) is 1.81. The molecular weight excluding hydrogens is 224 g/mol. The van der Waals surface area contributed by atoms with Gasteiger partial charge in [-0.3, -0.25) is 4.90 Å². The number of ether oxygens (including phenoxy) is 1. The van der Waals surface area contributed by atoms with Gasteiger partial charge < -0.3 is 10.1 Å². The lowest BCUT2D eigenvalue weighted by Gasteiger charge is -2.47. The lowest BCUT2D eigenvalue weighted by Crippen LogP contribution is -2.63. The molecular formula is C15H30N2O. The first-order valence-electron chi connectivity index (χ1n) is 7.63. The molecule has 1 N–H and O–H groups in total. The minimum atomic E-state index is 0.432. The van der Waals surface area contributed by atoms with Gasteiger partial charge in [0.15, 0.2) is 0 Å². The summed E-state index contributed by atoms with van der Waals surface area (Å²) >= 11 is 0. The van der Waals surface area contributed by atoms with Crippen LogP contribution in [0.2, 0.25) is 0 Å². The molecule has 0 amide bonds. The molecule has 2 aliphatic rings. The predicted molar refractivity (Wildman–Crippen MR) is 75.9 cm³/mol. The van der Waals surface area contributed by atoms with E-state index in [2.05, 4.69) is 24.1 Å². The van der Waals surface area contributed by atoms with Gasteiger partial charge in [0.2, 0.25) is 0 Å². The number of nitrogens with one attached hydrogen (secondary N) is 1. The minimum Gasteiger partial charge on any atom is -0.383 e. The van der Waals surface area contributed by atoms with Gasteiger partial charge in [0.25, 0.3) is 0 Å². The van der Waals surface area contributed by atoms with Crippen LogP contribution >= 0.6 is 0 Å². The van der Waals surface area contributed by atoms with Crippen LogP contribution in [-0.4, -0.2) is 49.8 Å². The fraction of sp³-hybridized carbons (Fsp3) is 1.00. The van der Waals surface area contributed by atoms with Gasteiger partial charge >= 0.3 is 0 Å². The molecule has 3 heteroatoms. The SMILES string of the molecule is COCCN1CC2(CCCC2)NCC1CC(C)C. The van der Waals surface area contributed by atoms with Crippen LogP contribution in [0, 0.1) is 5.92 Å². The van der Waals surface area contributed by atoms with Crippen molar-refractivity contribution in [2.45, 2.75) is 57.5 Å². The van der Waals surface area contributed by atoms with Crippen molar-refractivity contribution in [2.75, 3.05) is 33.4 Å². The molecule has 106 valence electrons. The molecule has 1 spiro atoms. The van der Waals surface area contributed by atoms with E-state index in [4.69, 9.17) is 4.74 Å². The summed E-state index contributed by atoms with van der Waals surface area (Å²) < 4.78 is 5.29. The van der Waals surface area contributed by atoms with Crippen molar-refractivity contribution in [3.05, 3.63) is 0 Å². The third-order valence-corrected chi connectivity index (χ3v) is 4.62. The van der Waals surface area contributed by atoms with Crippen LogP contribution in [0.5, 0.6) is 0 Å². The van der Waals surface area contributed by atoms with E-state index >= 15 is 0 Å². The van der Waals surface area contributed by atoms with Crippen molar-refractivity contribution in [2.24, 2.45) is 5.92 Å². The van der Waals surface area contributed by atoms with E-state index in [1.165, 1.54) is 45.2 Å². The van der Waals surface area contributed by atoms with Crippen LogP contribution in [0.15, 0.2) is 0 Å². The summed E-state index contributed by atoms with van der Waals surface area (Å²) in [5.41, 5.74) is 0.432. The molecule has 0 aromatic rings. The molecule has 0 aromatic heterocycles. The van der Waals surface area contributed by atoms with Crippen molar-refractivity contribution < 1.29 is 4.74 Å². The van der Waals surface area contributed by atoms with Crippen LogP contribution in [0.4, 0.5) is 0 Å². The van der Waals surface area contributed by atoms with Crippen LogP contribution < -0.4 is 5.32 Å². The highest BCUT2D eigenvalue weighted by Crippen LogP contribution is 2.33. The summed E-state index contributed by atoms with van der Waals surface area (Å²) in [4.78, 5) is 2.69. The van der Waals surface area contributed by atoms with Gasteiger partial charge in [-0.05, 0) is 25.2 Å². The molecule has 1 saturated carbocycles. The normalized spacial score (nSPS) is 28.3. The van der Waals surface area contributed by atoms with E-state index in [0.717, 1.165) is 19.1 Å². The van der Waals surface area contributed by atoms with E-state index in [-0.39, 0.29) is 0 Å². The third kappa shape index (κ3) is 3.46. The quantitative estimate of drug-likeness (QED) is 0.814. The Kier molecular flexibility index (Phi) is 5.05. The molecule has 0 bridgehead atoms. The Balaban J connectivity index is 1.95. The van der Waals surface area contributed by atoms with Crippen LogP contribution in [-0.2, 0) is 4.74 Å². The summed E-state index contributed by atoms with van der Waals surface area (Å²) in [5, 5.41) is 3.87. The van der Waals surface area contributed by atoms with E-state index in [1.807, 2.05) is 7.11 Å². The van der Waals surface area contributed by atoms with Crippen molar-refractivity contribution in [3.8, 4) is 0 Å². The first-order chi connectivity index (χ1) is 8.65. The van der Waals surface area contributed by atoms with Crippen molar-refractivity contribution in [1.82, 2.24) is 10.2 Å². The van der Waals surface area contributed by atoms with Gasteiger partial charge in [-0.1, -0.05) is 26.7 Å². The maximum absolute atomic E-state index is 5.29. The number of hydrogen-bond donors (Lipinski definition) is 1. The number of methoxy groups -OCH3 is 1. The second kappa shape index (κ2) is 6.36. The highest BCUT2D eigenvalue weighted by Gasteiger charge is 2.40. The molecule has 0 aromatic carbocycles. The number of rotatable bonds is 5. The van der Waals surface area contributed by atoms with E-state index in [1.54, 1.807) is 0 Å². The highest BCUT2D eigenvalue weighted by molar-refractivity contribution is 5.01. The fourth-order valence-corrected chi connectivity index (χ4v) is 3.67. The van der Waals surface area contributed by atoms with Crippen molar-refractivity contribution >= 4 is 0 Å². The van der Waals surface area contributed by atoms with E-state index < -0.39 is 0 Å². The predicted octanol–water partition coefficient (Wildman–Crippen LogP) is 2.27. The van der Waals surface area contributed by atoms with E-state index in [9.17, 15) is 0 Å². The van der Waals surface area contributed by atoms with Gasteiger partial charge in [-0.25, -0.2) is 0 Å². The van der Waals surface area contributed by atoms with Gasteiger partial charge in [-0.2, -0.15) is 0 Å². The first-order valence-corrected chi connectivity index (χ1v) is 7.63.